The van der Waals surface area contributed by atoms with E-state index in [9.17, 15) is 4.79 Å². The van der Waals surface area contributed by atoms with Crippen molar-refractivity contribution in [3.05, 3.63) is 47.4 Å². The quantitative estimate of drug-likeness (QED) is 0.805. The number of rotatable bonds is 3. The predicted octanol–water partition coefficient (Wildman–Crippen LogP) is 3.03. The molecule has 0 aliphatic carbocycles. The Hall–Kier alpha value is -1.88. The van der Waals surface area contributed by atoms with Crippen molar-refractivity contribution in [1.29, 1.82) is 0 Å². The molecule has 0 aliphatic heterocycles. The normalized spacial score (nSPS) is 10.3. The van der Waals surface area contributed by atoms with E-state index in [1.54, 1.807) is 6.20 Å². The molecule has 1 aromatic carbocycles. The highest BCUT2D eigenvalue weighted by molar-refractivity contribution is 7.99. The van der Waals surface area contributed by atoms with Crippen molar-refractivity contribution in [3.63, 3.8) is 0 Å². The van der Waals surface area contributed by atoms with Gasteiger partial charge in [0.1, 0.15) is 5.03 Å². The van der Waals surface area contributed by atoms with Crippen LogP contribution in [0.3, 0.4) is 0 Å². The van der Waals surface area contributed by atoms with Gasteiger partial charge in [-0.2, -0.15) is 0 Å². The number of benzene rings is 1. The molecule has 0 spiro atoms. The van der Waals surface area contributed by atoms with Crippen LogP contribution < -0.4 is 0 Å². The molecule has 2 rings (SSSR count). The summed E-state index contributed by atoms with van der Waals surface area (Å²) in [6.07, 6.45) is 3.04. The molecule has 0 bridgehead atoms. The van der Waals surface area contributed by atoms with Crippen LogP contribution in [0.15, 0.2) is 40.5 Å². The molecule has 2 aromatic rings. The van der Waals surface area contributed by atoms with Gasteiger partial charge in [-0.05, 0) is 25.5 Å². The molecule has 1 heterocycles. The van der Waals surface area contributed by atoms with E-state index in [0.29, 0.717) is 5.03 Å². The van der Waals surface area contributed by atoms with Crippen LogP contribution in [0.2, 0.25) is 0 Å². The summed E-state index contributed by atoms with van der Waals surface area (Å²) < 4.78 is 4.63. The number of hydrogen-bond acceptors (Lipinski definition) is 5. The molecule has 0 saturated carbocycles. The van der Waals surface area contributed by atoms with Gasteiger partial charge < -0.3 is 4.74 Å². The molecular weight excluding hydrogens is 260 g/mol. The fourth-order valence-corrected chi connectivity index (χ4v) is 2.47. The summed E-state index contributed by atoms with van der Waals surface area (Å²) >= 11 is 1.48. The number of ether oxygens (including phenoxy) is 1. The highest BCUT2D eigenvalue weighted by Crippen LogP contribution is 2.29. The first-order valence-corrected chi connectivity index (χ1v) is 6.57. The van der Waals surface area contributed by atoms with Gasteiger partial charge in [0.05, 0.1) is 19.5 Å². The van der Waals surface area contributed by atoms with Crippen molar-refractivity contribution in [2.75, 3.05) is 7.11 Å². The maximum Gasteiger partial charge on any atom is 0.358 e. The molecule has 19 heavy (non-hydrogen) atoms. The van der Waals surface area contributed by atoms with Crippen LogP contribution in [-0.4, -0.2) is 23.0 Å². The smallest absolute Gasteiger partial charge is 0.358 e. The summed E-state index contributed by atoms with van der Waals surface area (Å²) in [6.45, 7) is 4.10. The van der Waals surface area contributed by atoms with Gasteiger partial charge in [0.2, 0.25) is 0 Å². The SMILES string of the molecule is COC(=O)c1cncc(Sc2ccc(C)cc2C)n1. The van der Waals surface area contributed by atoms with Gasteiger partial charge >= 0.3 is 5.97 Å². The summed E-state index contributed by atoms with van der Waals surface area (Å²) in [6, 6.07) is 6.20. The average molecular weight is 274 g/mol. The van der Waals surface area contributed by atoms with E-state index in [0.717, 1.165) is 4.90 Å². The summed E-state index contributed by atoms with van der Waals surface area (Å²) in [5.41, 5.74) is 2.61. The molecular formula is C14H14N2O2S. The summed E-state index contributed by atoms with van der Waals surface area (Å²) in [5, 5.41) is 0.676. The first-order valence-electron chi connectivity index (χ1n) is 5.75. The number of nitrogens with zero attached hydrogens (tertiary/aromatic N) is 2. The van der Waals surface area contributed by atoms with Gasteiger partial charge in [0, 0.05) is 4.90 Å². The van der Waals surface area contributed by atoms with Crippen LogP contribution in [0.4, 0.5) is 0 Å². The Morgan fingerprint density at radius 2 is 2.05 bits per heavy atom. The van der Waals surface area contributed by atoms with Crippen LogP contribution in [0, 0.1) is 13.8 Å². The van der Waals surface area contributed by atoms with Crippen LogP contribution in [0.1, 0.15) is 21.6 Å². The monoisotopic (exact) mass is 274 g/mol. The van der Waals surface area contributed by atoms with E-state index in [4.69, 9.17) is 0 Å². The lowest BCUT2D eigenvalue weighted by Gasteiger charge is -2.06. The number of aryl methyl sites for hydroxylation is 2. The molecule has 0 radical (unpaired) electrons. The zero-order chi connectivity index (χ0) is 13.8. The molecule has 4 nitrogen and oxygen atoms in total. The van der Waals surface area contributed by atoms with Gasteiger partial charge in [-0.25, -0.2) is 9.78 Å². The van der Waals surface area contributed by atoms with Crippen molar-refractivity contribution >= 4 is 17.7 Å². The van der Waals surface area contributed by atoms with Gasteiger partial charge in [0.15, 0.2) is 5.69 Å². The Bertz CT molecular complexity index is 614. The van der Waals surface area contributed by atoms with Crippen LogP contribution >= 0.6 is 11.8 Å². The highest BCUT2D eigenvalue weighted by atomic mass is 32.2. The Balaban J connectivity index is 2.26. The van der Waals surface area contributed by atoms with Crippen molar-refractivity contribution in [2.45, 2.75) is 23.8 Å². The molecule has 0 atom stereocenters. The first kappa shape index (κ1) is 13.5. The van der Waals surface area contributed by atoms with Crippen LogP contribution in [-0.2, 0) is 4.74 Å². The lowest BCUT2D eigenvalue weighted by atomic mass is 10.2. The largest absolute Gasteiger partial charge is 0.464 e. The van der Waals surface area contributed by atoms with E-state index in [-0.39, 0.29) is 5.69 Å². The first-order chi connectivity index (χ1) is 9.10. The summed E-state index contributed by atoms with van der Waals surface area (Å²) in [7, 11) is 1.33. The molecule has 0 aliphatic rings. The van der Waals surface area contributed by atoms with Crippen LogP contribution in [0.5, 0.6) is 0 Å². The fourth-order valence-electron chi connectivity index (χ4n) is 1.63. The lowest BCUT2D eigenvalue weighted by Crippen LogP contribution is -2.05. The number of aromatic nitrogens is 2. The highest BCUT2D eigenvalue weighted by Gasteiger charge is 2.10. The molecule has 0 unspecified atom stereocenters. The summed E-state index contributed by atoms with van der Waals surface area (Å²) in [4.78, 5) is 20.7. The third-order valence-corrected chi connectivity index (χ3v) is 3.64. The van der Waals surface area contributed by atoms with Gasteiger partial charge in [-0.15, -0.1) is 0 Å². The third kappa shape index (κ3) is 3.32. The minimum absolute atomic E-state index is 0.220. The van der Waals surface area contributed by atoms with Crippen molar-refractivity contribution < 1.29 is 9.53 Å². The molecule has 0 saturated heterocycles. The van der Waals surface area contributed by atoms with E-state index in [2.05, 4.69) is 27.7 Å². The minimum atomic E-state index is -0.476. The number of esters is 1. The predicted molar refractivity (Wildman–Crippen MR) is 73.4 cm³/mol. The lowest BCUT2D eigenvalue weighted by molar-refractivity contribution is 0.0592. The number of carbonyl (C=O) groups excluding carboxylic acids is 1. The third-order valence-electron chi connectivity index (χ3n) is 2.55. The maximum atomic E-state index is 11.4. The molecule has 0 fully saturated rings. The van der Waals surface area contributed by atoms with Crippen molar-refractivity contribution in [2.24, 2.45) is 0 Å². The van der Waals surface area contributed by atoms with E-state index < -0.39 is 5.97 Å². The van der Waals surface area contributed by atoms with Crippen LogP contribution in [0.25, 0.3) is 0 Å². The van der Waals surface area contributed by atoms with Gasteiger partial charge in [-0.3, -0.25) is 4.98 Å². The molecule has 0 N–H and O–H groups in total. The van der Waals surface area contributed by atoms with E-state index in [1.807, 2.05) is 19.1 Å². The van der Waals surface area contributed by atoms with E-state index >= 15 is 0 Å². The van der Waals surface area contributed by atoms with Crippen molar-refractivity contribution in [1.82, 2.24) is 9.97 Å². The second-order valence-electron chi connectivity index (χ2n) is 4.11. The molecule has 98 valence electrons. The Kier molecular flexibility index (Phi) is 4.16. The maximum absolute atomic E-state index is 11.4. The molecule has 5 heteroatoms. The Labute approximate surface area is 116 Å². The van der Waals surface area contributed by atoms with E-state index in [1.165, 1.54) is 36.2 Å². The molecule has 1 aromatic heterocycles. The Morgan fingerprint density at radius 1 is 1.26 bits per heavy atom. The van der Waals surface area contributed by atoms with Crippen molar-refractivity contribution in [3.8, 4) is 0 Å². The fraction of sp³-hybridized carbons (Fsp3) is 0.214. The summed E-state index contributed by atoms with van der Waals surface area (Å²) in [5.74, 6) is -0.476. The second kappa shape index (κ2) is 5.84. The van der Waals surface area contributed by atoms with Gasteiger partial charge in [-0.1, -0.05) is 29.5 Å². The zero-order valence-corrected chi connectivity index (χ0v) is 11.8. The second-order valence-corrected chi connectivity index (χ2v) is 5.17. The number of carbonyl (C=O) groups is 1. The average Bonchev–Trinajstić information content (AvgIpc) is 2.41. The number of hydrogen-bond donors (Lipinski definition) is 0. The Morgan fingerprint density at radius 3 is 2.74 bits per heavy atom. The zero-order valence-electron chi connectivity index (χ0n) is 11.0. The standard InChI is InChI=1S/C14H14N2O2S/c1-9-4-5-12(10(2)6-9)19-13-8-15-7-11(16-13)14(17)18-3/h4-8H,1-3H3. The topological polar surface area (TPSA) is 52.1 Å². The molecule has 0 amide bonds. The number of methoxy groups -OCH3 is 1. The van der Waals surface area contributed by atoms with Gasteiger partial charge in [0.25, 0.3) is 0 Å². The minimum Gasteiger partial charge on any atom is -0.464 e.